The first-order valence-electron chi connectivity index (χ1n) is 11.0. The maximum atomic E-state index is 13.1. The van der Waals surface area contributed by atoms with Crippen LogP contribution in [0.25, 0.3) is 0 Å². The molecule has 2 aliphatic rings. The first-order valence-corrected chi connectivity index (χ1v) is 11.0. The number of nitrogens with zero attached hydrogens (tertiary/aromatic N) is 3. The van der Waals surface area contributed by atoms with Gasteiger partial charge in [-0.05, 0) is 37.5 Å². The van der Waals surface area contributed by atoms with Gasteiger partial charge in [0.25, 0.3) is 11.8 Å². The average molecular weight is 442 g/mol. The van der Waals surface area contributed by atoms with Gasteiger partial charge in [-0.2, -0.15) is 5.10 Å². The van der Waals surface area contributed by atoms with Crippen molar-refractivity contribution in [3.8, 4) is 0 Å². The summed E-state index contributed by atoms with van der Waals surface area (Å²) in [7, 11) is 1.57. The van der Waals surface area contributed by atoms with Crippen LogP contribution in [0, 0.1) is 5.82 Å². The Morgan fingerprint density at radius 3 is 2.56 bits per heavy atom. The lowest BCUT2D eigenvalue weighted by Gasteiger charge is -2.40. The normalized spacial score (nSPS) is 21.2. The molecule has 170 valence electrons. The molecule has 2 aromatic rings. The van der Waals surface area contributed by atoms with E-state index < -0.39 is 5.54 Å². The summed E-state index contributed by atoms with van der Waals surface area (Å²) < 4.78 is 14.5. The van der Waals surface area contributed by atoms with Crippen LogP contribution < -0.4 is 10.6 Å². The molecule has 9 heteroatoms. The molecule has 0 spiro atoms. The summed E-state index contributed by atoms with van der Waals surface area (Å²) >= 11 is 0. The molecule has 32 heavy (non-hydrogen) atoms. The summed E-state index contributed by atoms with van der Waals surface area (Å²) in [5, 5.41) is 10.2. The largest absolute Gasteiger partial charge is 0.350 e. The van der Waals surface area contributed by atoms with E-state index in [0.29, 0.717) is 0 Å². The van der Waals surface area contributed by atoms with Crippen molar-refractivity contribution >= 4 is 17.7 Å². The predicted molar refractivity (Wildman–Crippen MR) is 115 cm³/mol. The number of hydrogen-bond donors (Lipinski definition) is 2. The highest BCUT2D eigenvalue weighted by molar-refractivity contribution is 6.01. The lowest BCUT2D eigenvalue weighted by Crippen LogP contribution is -2.62. The topological polar surface area (TPSA) is 96.3 Å². The predicted octanol–water partition coefficient (Wildman–Crippen LogP) is 2.25. The number of fused-ring (bicyclic) bond motifs is 1. The number of rotatable bonds is 5. The fourth-order valence-corrected chi connectivity index (χ4v) is 4.32. The average Bonchev–Trinajstić information content (AvgIpc) is 3.21. The summed E-state index contributed by atoms with van der Waals surface area (Å²) in [6, 6.07) is 7.47. The van der Waals surface area contributed by atoms with Gasteiger partial charge in [0.1, 0.15) is 17.1 Å². The molecular weight excluding hydrogens is 413 g/mol. The second-order valence-corrected chi connectivity index (χ2v) is 8.83. The highest BCUT2D eigenvalue weighted by Crippen LogP contribution is 2.26. The molecule has 2 heterocycles. The van der Waals surface area contributed by atoms with Crippen LogP contribution >= 0.6 is 0 Å². The summed E-state index contributed by atoms with van der Waals surface area (Å²) in [5.74, 6) is -1.37. The maximum Gasteiger partial charge on any atom is 0.272 e. The Morgan fingerprint density at radius 1 is 1.19 bits per heavy atom. The molecule has 1 aromatic heterocycles. The van der Waals surface area contributed by atoms with E-state index in [2.05, 4.69) is 15.7 Å². The van der Waals surface area contributed by atoms with Gasteiger partial charge >= 0.3 is 0 Å². The van der Waals surface area contributed by atoms with E-state index in [0.717, 1.165) is 31.2 Å². The third kappa shape index (κ3) is 4.24. The van der Waals surface area contributed by atoms with E-state index in [9.17, 15) is 18.8 Å². The molecule has 1 fully saturated rings. The van der Waals surface area contributed by atoms with Gasteiger partial charge in [0, 0.05) is 25.7 Å². The molecule has 1 unspecified atom stereocenters. The Hall–Kier alpha value is -3.23. The third-order valence-electron chi connectivity index (χ3n) is 6.53. The number of nitrogens with one attached hydrogen (secondary N) is 2. The lowest BCUT2D eigenvalue weighted by molar-refractivity contribution is -0.132. The smallest absolute Gasteiger partial charge is 0.272 e. The van der Waals surface area contributed by atoms with Gasteiger partial charge in [-0.15, -0.1) is 0 Å². The van der Waals surface area contributed by atoms with E-state index in [4.69, 9.17) is 0 Å². The van der Waals surface area contributed by atoms with E-state index in [1.54, 1.807) is 26.1 Å². The molecule has 1 aliphatic heterocycles. The van der Waals surface area contributed by atoms with Crippen LogP contribution in [0.2, 0.25) is 0 Å². The van der Waals surface area contributed by atoms with E-state index in [1.165, 1.54) is 34.2 Å². The molecule has 1 saturated carbocycles. The summed E-state index contributed by atoms with van der Waals surface area (Å²) in [6.07, 6.45) is 5.28. The van der Waals surface area contributed by atoms with Crippen molar-refractivity contribution in [3.05, 3.63) is 53.1 Å². The van der Waals surface area contributed by atoms with Crippen molar-refractivity contribution in [2.24, 2.45) is 0 Å². The summed E-state index contributed by atoms with van der Waals surface area (Å²) in [5.41, 5.74) is 0.0238. The van der Waals surface area contributed by atoms with Gasteiger partial charge in [-0.1, -0.05) is 31.4 Å². The van der Waals surface area contributed by atoms with Crippen molar-refractivity contribution in [2.45, 2.75) is 63.7 Å². The molecule has 1 aromatic carbocycles. The Morgan fingerprint density at radius 2 is 1.88 bits per heavy atom. The zero-order valence-electron chi connectivity index (χ0n) is 18.4. The fraction of sp³-hybridized carbons (Fsp3) is 0.478. The number of aromatic nitrogens is 2. The lowest BCUT2D eigenvalue weighted by atomic mass is 9.95. The first-order chi connectivity index (χ1) is 15.3. The van der Waals surface area contributed by atoms with Gasteiger partial charge < -0.3 is 15.5 Å². The van der Waals surface area contributed by atoms with Crippen LogP contribution in [0.15, 0.2) is 30.3 Å². The van der Waals surface area contributed by atoms with Gasteiger partial charge in [0.05, 0.1) is 6.54 Å². The molecule has 2 N–H and O–H groups in total. The number of halogens is 1. The molecule has 4 rings (SSSR count). The Bertz CT molecular complexity index is 1030. The Balaban J connectivity index is 1.47. The van der Waals surface area contributed by atoms with Crippen molar-refractivity contribution < 1.29 is 18.8 Å². The Labute approximate surface area is 186 Å². The summed E-state index contributed by atoms with van der Waals surface area (Å²) in [6.45, 7) is 1.99. The standard InChI is InChI=1S/C23H28FN5O3/c1-23(22(32)25-13-15-8-10-16(24)11-9-15)14-29-19(21(31)28(23)2)12-18(27-29)20(30)26-17-6-4-3-5-7-17/h8-12,17H,3-7,13-14H2,1-2H3,(H,25,32)(H,26,30). The van der Waals surface area contributed by atoms with E-state index in [-0.39, 0.29) is 54.1 Å². The van der Waals surface area contributed by atoms with Crippen molar-refractivity contribution in [1.82, 2.24) is 25.3 Å². The molecule has 3 amide bonds. The van der Waals surface area contributed by atoms with Crippen molar-refractivity contribution in [3.63, 3.8) is 0 Å². The second kappa shape index (κ2) is 8.72. The quantitative estimate of drug-likeness (QED) is 0.744. The number of carbonyl (C=O) groups is 3. The highest BCUT2D eigenvalue weighted by Gasteiger charge is 2.46. The zero-order chi connectivity index (χ0) is 22.9. The van der Waals surface area contributed by atoms with Gasteiger partial charge in [-0.25, -0.2) is 4.39 Å². The van der Waals surface area contributed by atoms with Gasteiger partial charge in [-0.3, -0.25) is 19.1 Å². The van der Waals surface area contributed by atoms with Crippen LogP contribution in [0.4, 0.5) is 4.39 Å². The minimum absolute atomic E-state index is 0.122. The molecule has 0 radical (unpaired) electrons. The van der Waals surface area contributed by atoms with Crippen LogP contribution in [0.5, 0.6) is 0 Å². The summed E-state index contributed by atoms with van der Waals surface area (Å²) in [4.78, 5) is 40.1. The molecule has 0 saturated heterocycles. The molecule has 1 aliphatic carbocycles. The van der Waals surface area contributed by atoms with Gasteiger partial charge in [0.15, 0.2) is 5.69 Å². The fourth-order valence-electron chi connectivity index (χ4n) is 4.32. The zero-order valence-corrected chi connectivity index (χ0v) is 18.4. The molecule has 0 bridgehead atoms. The second-order valence-electron chi connectivity index (χ2n) is 8.83. The molecule has 8 nitrogen and oxygen atoms in total. The van der Waals surface area contributed by atoms with Crippen LogP contribution in [-0.2, 0) is 17.9 Å². The van der Waals surface area contributed by atoms with Gasteiger partial charge in [0.2, 0.25) is 5.91 Å². The minimum atomic E-state index is -1.19. The maximum absolute atomic E-state index is 13.1. The van der Waals surface area contributed by atoms with Crippen molar-refractivity contribution in [1.29, 1.82) is 0 Å². The minimum Gasteiger partial charge on any atom is -0.350 e. The third-order valence-corrected chi connectivity index (χ3v) is 6.53. The number of amides is 3. The van der Waals surface area contributed by atoms with Crippen LogP contribution in [0.1, 0.15) is 65.6 Å². The molecular formula is C23H28FN5O3. The number of hydrogen-bond acceptors (Lipinski definition) is 4. The van der Waals surface area contributed by atoms with E-state index in [1.807, 2.05) is 0 Å². The first kappa shape index (κ1) is 22.0. The van der Waals surface area contributed by atoms with Crippen LogP contribution in [-0.4, -0.2) is 51.0 Å². The van der Waals surface area contributed by atoms with Crippen LogP contribution in [0.3, 0.4) is 0 Å². The SMILES string of the molecule is CN1C(=O)c2cc(C(=O)NC3CCCCC3)nn2CC1(C)C(=O)NCc1ccc(F)cc1. The van der Waals surface area contributed by atoms with Crippen molar-refractivity contribution in [2.75, 3.05) is 7.05 Å². The highest BCUT2D eigenvalue weighted by atomic mass is 19.1. The number of benzene rings is 1. The van der Waals surface area contributed by atoms with E-state index >= 15 is 0 Å². The molecule has 1 atom stereocenters. The Kier molecular flexibility index (Phi) is 5.99. The number of carbonyl (C=O) groups excluding carboxylic acids is 3. The number of likely N-dealkylation sites (N-methyl/N-ethyl adjacent to an activating group) is 1. The monoisotopic (exact) mass is 441 g/mol.